The van der Waals surface area contributed by atoms with Gasteiger partial charge in [0.2, 0.25) is 0 Å². The lowest BCUT2D eigenvalue weighted by Gasteiger charge is -2.15. The lowest BCUT2D eigenvalue weighted by atomic mass is 10.1. The van der Waals surface area contributed by atoms with Gasteiger partial charge in [0.15, 0.2) is 0 Å². The van der Waals surface area contributed by atoms with Gasteiger partial charge in [-0.3, -0.25) is 0 Å². The molecule has 2 nitrogen and oxygen atoms in total. The first-order valence-electron chi connectivity index (χ1n) is 6.64. The van der Waals surface area contributed by atoms with Crippen molar-refractivity contribution in [3.8, 4) is 5.75 Å². The molecule has 0 aliphatic rings. The molecule has 106 valence electrons. The third-order valence-electron chi connectivity index (χ3n) is 3.31. The van der Waals surface area contributed by atoms with Gasteiger partial charge >= 0.3 is 0 Å². The standard InChI is InChI=1S/C17H19FO2/c1-11-4-5-12(2)14(8-11)10-20-17-9-15(18)6-7-16(17)13(3)19/h4-9,13,19H,10H2,1-3H3/t13-/m1/s1. The highest BCUT2D eigenvalue weighted by Crippen LogP contribution is 2.27. The fraction of sp³-hybridized carbons (Fsp3) is 0.294. The van der Waals surface area contributed by atoms with Gasteiger partial charge in [0.25, 0.3) is 0 Å². The minimum absolute atomic E-state index is 0.358. The third-order valence-corrected chi connectivity index (χ3v) is 3.31. The molecule has 0 unspecified atom stereocenters. The van der Waals surface area contributed by atoms with Crippen molar-refractivity contribution >= 4 is 0 Å². The van der Waals surface area contributed by atoms with Gasteiger partial charge in [-0.25, -0.2) is 4.39 Å². The first kappa shape index (κ1) is 14.5. The summed E-state index contributed by atoms with van der Waals surface area (Å²) in [7, 11) is 0. The van der Waals surface area contributed by atoms with Gasteiger partial charge in [-0.15, -0.1) is 0 Å². The maximum Gasteiger partial charge on any atom is 0.128 e. The summed E-state index contributed by atoms with van der Waals surface area (Å²) in [5, 5.41) is 9.69. The van der Waals surface area contributed by atoms with E-state index in [4.69, 9.17) is 4.74 Å². The first-order chi connectivity index (χ1) is 9.47. The maximum atomic E-state index is 13.3. The molecular weight excluding hydrogens is 255 g/mol. The zero-order chi connectivity index (χ0) is 14.7. The van der Waals surface area contributed by atoms with E-state index in [1.165, 1.54) is 12.1 Å². The summed E-state index contributed by atoms with van der Waals surface area (Å²) in [6.07, 6.45) is -0.691. The Labute approximate surface area is 118 Å². The second-order valence-electron chi connectivity index (χ2n) is 5.08. The van der Waals surface area contributed by atoms with Crippen molar-refractivity contribution in [1.29, 1.82) is 0 Å². The Morgan fingerprint density at radius 3 is 2.60 bits per heavy atom. The minimum Gasteiger partial charge on any atom is -0.488 e. The van der Waals surface area contributed by atoms with Crippen LogP contribution in [-0.4, -0.2) is 5.11 Å². The Hall–Kier alpha value is -1.87. The molecule has 0 radical (unpaired) electrons. The Bertz CT molecular complexity index is 606. The lowest BCUT2D eigenvalue weighted by molar-refractivity contribution is 0.189. The number of hydrogen-bond donors (Lipinski definition) is 1. The predicted octanol–water partition coefficient (Wildman–Crippen LogP) is 4.07. The number of benzene rings is 2. The number of aliphatic hydroxyl groups excluding tert-OH is 1. The number of halogens is 1. The summed E-state index contributed by atoms with van der Waals surface area (Å²) in [5.41, 5.74) is 3.94. The Balaban J connectivity index is 2.22. The Kier molecular flexibility index (Phi) is 4.40. The molecule has 2 aromatic rings. The molecule has 0 aliphatic heterocycles. The average molecular weight is 274 g/mol. The van der Waals surface area contributed by atoms with Crippen molar-refractivity contribution in [2.45, 2.75) is 33.5 Å². The number of rotatable bonds is 4. The molecule has 20 heavy (non-hydrogen) atoms. The number of aryl methyl sites for hydroxylation is 2. The van der Waals surface area contributed by atoms with E-state index in [-0.39, 0.29) is 5.82 Å². The summed E-state index contributed by atoms with van der Waals surface area (Å²) >= 11 is 0. The van der Waals surface area contributed by atoms with Crippen LogP contribution in [0.15, 0.2) is 36.4 Å². The molecule has 0 heterocycles. The van der Waals surface area contributed by atoms with Gasteiger partial charge in [0.1, 0.15) is 18.2 Å². The van der Waals surface area contributed by atoms with E-state index in [1.807, 2.05) is 26.0 Å². The quantitative estimate of drug-likeness (QED) is 0.910. The molecule has 2 rings (SSSR count). The van der Waals surface area contributed by atoms with Gasteiger partial charge in [-0.1, -0.05) is 23.8 Å². The van der Waals surface area contributed by atoms with Crippen LogP contribution in [0.3, 0.4) is 0 Å². The zero-order valence-electron chi connectivity index (χ0n) is 12.0. The molecule has 0 aliphatic carbocycles. The van der Waals surface area contributed by atoms with E-state index >= 15 is 0 Å². The van der Waals surface area contributed by atoms with E-state index in [2.05, 4.69) is 6.07 Å². The molecule has 1 N–H and O–H groups in total. The highest BCUT2D eigenvalue weighted by Gasteiger charge is 2.11. The van der Waals surface area contributed by atoms with Crippen LogP contribution in [0.25, 0.3) is 0 Å². The molecule has 3 heteroatoms. The van der Waals surface area contributed by atoms with E-state index in [9.17, 15) is 9.50 Å². The van der Waals surface area contributed by atoms with Crippen LogP contribution >= 0.6 is 0 Å². The summed E-state index contributed by atoms with van der Waals surface area (Å²) in [4.78, 5) is 0. The van der Waals surface area contributed by atoms with Crippen molar-refractivity contribution in [1.82, 2.24) is 0 Å². The van der Waals surface area contributed by atoms with Crippen molar-refractivity contribution in [3.05, 3.63) is 64.5 Å². The molecule has 0 fully saturated rings. The topological polar surface area (TPSA) is 29.5 Å². The van der Waals surface area contributed by atoms with Crippen LogP contribution < -0.4 is 4.74 Å². The van der Waals surface area contributed by atoms with Gasteiger partial charge in [-0.05, 0) is 44.0 Å². The van der Waals surface area contributed by atoms with Crippen LogP contribution in [0.1, 0.15) is 35.3 Å². The van der Waals surface area contributed by atoms with Crippen molar-refractivity contribution < 1.29 is 14.2 Å². The molecule has 0 saturated carbocycles. The highest BCUT2D eigenvalue weighted by molar-refractivity contribution is 5.36. The monoisotopic (exact) mass is 274 g/mol. The van der Waals surface area contributed by atoms with Crippen LogP contribution in [-0.2, 0) is 6.61 Å². The molecule has 0 aromatic heterocycles. The van der Waals surface area contributed by atoms with Crippen LogP contribution in [0.2, 0.25) is 0 Å². The van der Waals surface area contributed by atoms with Crippen molar-refractivity contribution in [3.63, 3.8) is 0 Å². The molecular formula is C17H19FO2. The first-order valence-corrected chi connectivity index (χ1v) is 6.64. The van der Waals surface area contributed by atoms with Gasteiger partial charge in [-0.2, -0.15) is 0 Å². The van der Waals surface area contributed by atoms with Gasteiger partial charge < -0.3 is 9.84 Å². The fourth-order valence-electron chi connectivity index (χ4n) is 2.09. The number of hydrogen-bond acceptors (Lipinski definition) is 2. The lowest BCUT2D eigenvalue weighted by Crippen LogP contribution is -2.03. The van der Waals surface area contributed by atoms with Gasteiger partial charge in [0.05, 0.1) is 6.10 Å². The molecule has 1 atom stereocenters. The summed E-state index contributed by atoms with van der Waals surface area (Å²) in [5.74, 6) is 0.0197. The van der Waals surface area contributed by atoms with Gasteiger partial charge in [0, 0.05) is 11.6 Å². The van der Waals surface area contributed by atoms with E-state index in [0.29, 0.717) is 17.9 Å². The van der Waals surface area contributed by atoms with E-state index in [1.54, 1.807) is 13.0 Å². The van der Waals surface area contributed by atoms with Crippen LogP contribution in [0, 0.1) is 19.7 Å². The average Bonchev–Trinajstić information content (AvgIpc) is 2.39. The van der Waals surface area contributed by atoms with Crippen molar-refractivity contribution in [2.75, 3.05) is 0 Å². The largest absolute Gasteiger partial charge is 0.488 e. The second-order valence-corrected chi connectivity index (χ2v) is 5.08. The molecule has 0 amide bonds. The summed E-state index contributed by atoms with van der Waals surface area (Å²) in [6.45, 7) is 6.03. The molecule has 0 spiro atoms. The Morgan fingerprint density at radius 1 is 1.15 bits per heavy atom. The van der Waals surface area contributed by atoms with E-state index < -0.39 is 6.10 Å². The summed E-state index contributed by atoms with van der Waals surface area (Å²) in [6, 6.07) is 10.3. The smallest absolute Gasteiger partial charge is 0.128 e. The zero-order valence-corrected chi connectivity index (χ0v) is 12.0. The third kappa shape index (κ3) is 3.36. The van der Waals surface area contributed by atoms with Crippen LogP contribution in [0.5, 0.6) is 5.75 Å². The SMILES string of the molecule is Cc1ccc(C)c(COc2cc(F)ccc2[C@@H](C)O)c1. The number of ether oxygens (including phenoxy) is 1. The predicted molar refractivity (Wildman–Crippen MR) is 77.3 cm³/mol. The second kappa shape index (κ2) is 6.06. The fourth-order valence-corrected chi connectivity index (χ4v) is 2.09. The molecule has 0 bridgehead atoms. The minimum atomic E-state index is -0.691. The summed E-state index contributed by atoms with van der Waals surface area (Å²) < 4.78 is 19.0. The highest BCUT2D eigenvalue weighted by atomic mass is 19.1. The van der Waals surface area contributed by atoms with Crippen molar-refractivity contribution in [2.24, 2.45) is 0 Å². The van der Waals surface area contributed by atoms with E-state index in [0.717, 1.165) is 16.7 Å². The maximum absolute atomic E-state index is 13.3. The van der Waals surface area contributed by atoms with Crippen LogP contribution in [0.4, 0.5) is 4.39 Å². The molecule has 0 saturated heterocycles. The Morgan fingerprint density at radius 2 is 1.90 bits per heavy atom. The normalized spacial score (nSPS) is 12.2. The number of aliphatic hydroxyl groups is 1. The molecule has 2 aromatic carbocycles.